The maximum absolute atomic E-state index is 13.5. The van der Waals surface area contributed by atoms with Crippen molar-refractivity contribution in [1.82, 2.24) is 0 Å². The number of rotatable bonds is 3. The Morgan fingerprint density at radius 3 is 2.50 bits per heavy atom. The second-order valence-electron chi connectivity index (χ2n) is 5.19. The molecular formula is C13H16BrFO. The monoisotopic (exact) mass is 286 g/mol. The molecule has 0 amide bonds. The van der Waals surface area contributed by atoms with Crippen LogP contribution in [0.4, 0.5) is 4.39 Å². The van der Waals surface area contributed by atoms with Gasteiger partial charge >= 0.3 is 0 Å². The lowest BCUT2D eigenvalue weighted by Crippen LogP contribution is -2.15. The summed E-state index contributed by atoms with van der Waals surface area (Å²) < 4.78 is 14.2. The third-order valence-electron chi connectivity index (χ3n) is 2.13. The summed E-state index contributed by atoms with van der Waals surface area (Å²) in [7, 11) is 0. The number of benzene rings is 1. The molecule has 16 heavy (non-hydrogen) atoms. The van der Waals surface area contributed by atoms with Gasteiger partial charge in [-0.3, -0.25) is 4.79 Å². The van der Waals surface area contributed by atoms with Gasteiger partial charge in [-0.1, -0.05) is 42.8 Å². The molecule has 0 unspecified atom stereocenters. The highest BCUT2D eigenvalue weighted by atomic mass is 79.9. The largest absolute Gasteiger partial charge is 0.299 e. The van der Waals surface area contributed by atoms with Crippen LogP contribution in [0.15, 0.2) is 22.7 Å². The van der Waals surface area contributed by atoms with E-state index in [0.29, 0.717) is 16.5 Å². The van der Waals surface area contributed by atoms with Crippen molar-refractivity contribution in [2.24, 2.45) is 5.41 Å². The second-order valence-corrected chi connectivity index (χ2v) is 6.10. The fourth-order valence-corrected chi connectivity index (χ4v) is 1.86. The molecule has 0 spiro atoms. The summed E-state index contributed by atoms with van der Waals surface area (Å²) in [6.45, 7) is 6.01. The number of hydrogen-bond acceptors (Lipinski definition) is 1. The topological polar surface area (TPSA) is 17.1 Å². The molecule has 0 heterocycles. The number of carbonyl (C=O) groups is 1. The fourth-order valence-electron chi connectivity index (χ4n) is 1.53. The highest BCUT2D eigenvalue weighted by Gasteiger charge is 2.17. The molecule has 0 aliphatic carbocycles. The molecule has 0 bridgehead atoms. The second kappa shape index (κ2) is 5.09. The van der Waals surface area contributed by atoms with Crippen LogP contribution in [0.25, 0.3) is 0 Å². The third kappa shape index (κ3) is 4.44. The van der Waals surface area contributed by atoms with Gasteiger partial charge in [0.05, 0.1) is 0 Å². The summed E-state index contributed by atoms with van der Waals surface area (Å²) in [5.74, 6) is -0.245. The zero-order valence-electron chi connectivity index (χ0n) is 9.81. The summed E-state index contributed by atoms with van der Waals surface area (Å²) in [6.07, 6.45) is 0.652. The van der Waals surface area contributed by atoms with Gasteiger partial charge in [0.15, 0.2) is 0 Å². The van der Waals surface area contributed by atoms with Crippen molar-refractivity contribution in [2.75, 3.05) is 0 Å². The van der Waals surface area contributed by atoms with Gasteiger partial charge in [0.25, 0.3) is 0 Å². The summed E-state index contributed by atoms with van der Waals surface area (Å²) in [4.78, 5) is 11.7. The fraction of sp³-hybridized carbons (Fsp3) is 0.462. The van der Waals surface area contributed by atoms with E-state index in [-0.39, 0.29) is 23.4 Å². The van der Waals surface area contributed by atoms with Gasteiger partial charge in [-0.2, -0.15) is 0 Å². The molecule has 1 aromatic rings. The number of hydrogen-bond donors (Lipinski definition) is 0. The first-order valence-electron chi connectivity index (χ1n) is 5.23. The van der Waals surface area contributed by atoms with Crippen molar-refractivity contribution < 1.29 is 9.18 Å². The molecule has 0 atom stereocenters. The predicted molar refractivity (Wildman–Crippen MR) is 66.9 cm³/mol. The molecule has 1 nitrogen and oxygen atoms in total. The van der Waals surface area contributed by atoms with Crippen LogP contribution in [0.3, 0.4) is 0 Å². The highest BCUT2D eigenvalue weighted by molar-refractivity contribution is 9.10. The van der Waals surface area contributed by atoms with Crippen LogP contribution in [0.1, 0.15) is 32.8 Å². The summed E-state index contributed by atoms with van der Waals surface area (Å²) in [6, 6.07) is 4.79. The van der Waals surface area contributed by atoms with Crippen molar-refractivity contribution in [1.29, 1.82) is 0 Å². The minimum absolute atomic E-state index is 0.0388. The predicted octanol–water partition coefficient (Wildman–Crippen LogP) is 4.14. The van der Waals surface area contributed by atoms with Gasteiger partial charge in [0, 0.05) is 17.3 Å². The van der Waals surface area contributed by atoms with Gasteiger partial charge in [0.2, 0.25) is 0 Å². The number of carbonyl (C=O) groups excluding carboxylic acids is 1. The van der Waals surface area contributed by atoms with Crippen LogP contribution in [-0.4, -0.2) is 5.78 Å². The highest BCUT2D eigenvalue weighted by Crippen LogP contribution is 2.21. The minimum atomic E-state index is -0.323. The van der Waals surface area contributed by atoms with Crippen LogP contribution in [0.5, 0.6) is 0 Å². The van der Waals surface area contributed by atoms with E-state index >= 15 is 0 Å². The maximum Gasteiger partial charge on any atom is 0.137 e. The molecule has 0 fully saturated rings. The normalized spacial score (nSPS) is 11.6. The SMILES string of the molecule is CC(C)(C)CC(=O)Cc1ccc(Br)cc1F. The van der Waals surface area contributed by atoms with Crippen molar-refractivity contribution in [3.8, 4) is 0 Å². The van der Waals surface area contributed by atoms with Crippen LogP contribution >= 0.6 is 15.9 Å². The first-order valence-corrected chi connectivity index (χ1v) is 6.03. The molecule has 0 saturated heterocycles. The Morgan fingerprint density at radius 1 is 1.38 bits per heavy atom. The minimum Gasteiger partial charge on any atom is -0.299 e. The molecule has 88 valence electrons. The molecule has 0 radical (unpaired) electrons. The summed E-state index contributed by atoms with van der Waals surface area (Å²) in [5.41, 5.74) is 0.431. The van der Waals surface area contributed by atoms with E-state index in [0.717, 1.165) is 0 Å². The quantitative estimate of drug-likeness (QED) is 0.816. The lowest BCUT2D eigenvalue weighted by Gasteiger charge is -2.16. The Bertz CT molecular complexity index is 393. The number of Topliss-reactive ketones (excluding diaryl/α,β-unsaturated/α-hetero) is 1. The molecule has 1 aromatic carbocycles. The van der Waals surface area contributed by atoms with Crippen LogP contribution in [0.2, 0.25) is 0 Å². The molecule has 0 aliphatic heterocycles. The Labute approximate surface area is 104 Å². The van der Waals surface area contributed by atoms with E-state index in [1.165, 1.54) is 6.07 Å². The molecule has 3 heteroatoms. The van der Waals surface area contributed by atoms with Crippen molar-refractivity contribution in [3.63, 3.8) is 0 Å². The Morgan fingerprint density at radius 2 is 2.00 bits per heavy atom. The Balaban J connectivity index is 2.70. The molecule has 0 aliphatic rings. The van der Waals surface area contributed by atoms with Gasteiger partial charge in [-0.15, -0.1) is 0 Å². The van der Waals surface area contributed by atoms with Crippen LogP contribution in [0, 0.1) is 11.2 Å². The first kappa shape index (κ1) is 13.4. The van der Waals surface area contributed by atoms with E-state index in [1.54, 1.807) is 12.1 Å². The Hall–Kier alpha value is -0.700. The number of ketones is 1. The third-order valence-corrected chi connectivity index (χ3v) is 2.62. The van der Waals surface area contributed by atoms with Gasteiger partial charge in [-0.05, 0) is 23.1 Å². The molecular weight excluding hydrogens is 271 g/mol. The molecule has 0 saturated carbocycles. The van der Waals surface area contributed by atoms with Crippen molar-refractivity contribution in [2.45, 2.75) is 33.6 Å². The van der Waals surface area contributed by atoms with Gasteiger partial charge in [-0.25, -0.2) is 4.39 Å². The smallest absolute Gasteiger partial charge is 0.137 e. The number of halogens is 2. The molecule has 0 aromatic heterocycles. The molecule has 0 N–H and O–H groups in total. The average Bonchev–Trinajstić information content (AvgIpc) is 2.06. The lowest BCUT2D eigenvalue weighted by molar-refractivity contribution is -0.120. The lowest BCUT2D eigenvalue weighted by atomic mass is 9.88. The maximum atomic E-state index is 13.5. The first-order chi connectivity index (χ1) is 7.28. The summed E-state index contributed by atoms with van der Waals surface area (Å²) >= 11 is 3.19. The van der Waals surface area contributed by atoms with E-state index in [9.17, 15) is 9.18 Å². The summed E-state index contributed by atoms with van der Waals surface area (Å²) in [5, 5.41) is 0. The zero-order chi connectivity index (χ0) is 12.3. The van der Waals surface area contributed by atoms with Crippen molar-refractivity contribution in [3.05, 3.63) is 34.1 Å². The molecule has 1 rings (SSSR count). The van der Waals surface area contributed by atoms with E-state index in [1.807, 2.05) is 20.8 Å². The standard InChI is InChI=1S/C13H16BrFO/c1-13(2,3)8-11(16)6-9-4-5-10(14)7-12(9)15/h4-5,7H,6,8H2,1-3H3. The van der Waals surface area contributed by atoms with Crippen molar-refractivity contribution >= 4 is 21.7 Å². The van der Waals surface area contributed by atoms with Gasteiger partial charge in [0.1, 0.15) is 11.6 Å². The average molecular weight is 287 g/mol. The zero-order valence-corrected chi connectivity index (χ0v) is 11.4. The van der Waals surface area contributed by atoms with Crippen LogP contribution in [-0.2, 0) is 11.2 Å². The van der Waals surface area contributed by atoms with E-state index < -0.39 is 0 Å². The van der Waals surface area contributed by atoms with Gasteiger partial charge < -0.3 is 0 Å². The van der Waals surface area contributed by atoms with E-state index in [2.05, 4.69) is 15.9 Å². The van der Waals surface area contributed by atoms with E-state index in [4.69, 9.17) is 0 Å². The van der Waals surface area contributed by atoms with Crippen LogP contribution < -0.4 is 0 Å². The Kier molecular flexibility index (Phi) is 4.25.